The van der Waals surface area contributed by atoms with E-state index in [0.717, 1.165) is 51.4 Å². The number of carbonyl (C=O) groups excluding carboxylic acids is 2. The summed E-state index contributed by atoms with van der Waals surface area (Å²) in [7, 11) is 0. The molecule has 0 radical (unpaired) electrons. The van der Waals surface area contributed by atoms with Crippen LogP contribution in [-0.2, 0) is 14.3 Å². The molecular weight excluding hydrogens is 983 g/mol. The van der Waals surface area contributed by atoms with E-state index in [1.165, 1.54) is 308 Å². The van der Waals surface area contributed by atoms with Crippen LogP contribution in [0, 0.1) is 0 Å². The lowest BCUT2D eigenvalue weighted by molar-refractivity contribution is -0.143. The molecule has 0 aromatic rings. The number of carbonyl (C=O) groups is 2. The van der Waals surface area contributed by atoms with E-state index in [0.29, 0.717) is 19.4 Å². The summed E-state index contributed by atoms with van der Waals surface area (Å²) in [6.45, 7) is 4.91. The van der Waals surface area contributed by atoms with Gasteiger partial charge in [-0.3, -0.25) is 9.59 Å². The molecule has 2 atom stereocenters. The lowest BCUT2D eigenvalue weighted by atomic mass is 10.0. The van der Waals surface area contributed by atoms with E-state index in [4.69, 9.17) is 4.74 Å². The molecule has 80 heavy (non-hydrogen) atoms. The van der Waals surface area contributed by atoms with Crippen molar-refractivity contribution in [3.05, 3.63) is 48.6 Å². The third-order valence-electron chi connectivity index (χ3n) is 16.6. The van der Waals surface area contributed by atoms with Gasteiger partial charge in [0.25, 0.3) is 0 Å². The van der Waals surface area contributed by atoms with Gasteiger partial charge in [0.2, 0.25) is 5.91 Å². The normalized spacial score (nSPS) is 12.8. The zero-order valence-electron chi connectivity index (χ0n) is 53.8. The van der Waals surface area contributed by atoms with Crippen molar-refractivity contribution in [1.82, 2.24) is 5.32 Å². The van der Waals surface area contributed by atoms with Crippen LogP contribution in [-0.4, -0.2) is 47.4 Å². The summed E-state index contributed by atoms with van der Waals surface area (Å²) in [5.41, 5.74) is 0. The van der Waals surface area contributed by atoms with Crippen LogP contribution < -0.4 is 5.32 Å². The Bertz CT molecular complexity index is 1340. The van der Waals surface area contributed by atoms with Crippen LogP contribution >= 0.6 is 0 Å². The van der Waals surface area contributed by atoms with Crippen LogP contribution in [0.3, 0.4) is 0 Å². The number of nitrogens with one attached hydrogen (secondary N) is 1. The molecule has 0 aliphatic heterocycles. The highest BCUT2D eigenvalue weighted by atomic mass is 16.5. The third-order valence-corrected chi connectivity index (χ3v) is 16.6. The second-order valence-electron chi connectivity index (χ2n) is 24.6. The van der Waals surface area contributed by atoms with Crippen LogP contribution in [0.25, 0.3) is 0 Å². The molecule has 0 aliphatic carbocycles. The first-order valence-electron chi connectivity index (χ1n) is 35.9. The third kappa shape index (κ3) is 65.0. The van der Waals surface area contributed by atoms with Crippen LogP contribution in [0.1, 0.15) is 386 Å². The van der Waals surface area contributed by atoms with E-state index in [1.807, 2.05) is 6.08 Å². The molecule has 0 aromatic carbocycles. The number of rotatable bonds is 67. The molecule has 6 nitrogen and oxygen atoms in total. The van der Waals surface area contributed by atoms with Crippen molar-refractivity contribution in [2.75, 3.05) is 13.2 Å². The summed E-state index contributed by atoms with van der Waals surface area (Å²) in [6, 6.07) is -0.630. The Morgan fingerprint density at radius 1 is 0.350 bits per heavy atom. The van der Waals surface area contributed by atoms with Gasteiger partial charge in [-0.05, 0) is 89.9 Å². The van der Waals surface area contributed by atoms with Gasteiger partial charge in [0, 0.05) is 12.8 Å². The Morgan fingerprint density at radius 3 is 0.975 bits per heavy atom. The van der Waals surface area contributed by atoms with Crippen molar-refractivity contribution < 1.29 is 24.5 Å². The first-order chi connectivity index (χ1) is 39.5. The maximum atomic E-state index is 12.5. The second-order valence-corrected chi connectivity index (χ2v) is 24.6. The lowest BCUT2D eigenvalue weighted by Crippen LogP contribution is -2.45. The Labute approximate surface area is 499 Å². The molecule has 2 unspecified atom stereocenters. The molecule has 0 fully saturated rings. The number of amides is 1. The van der Waals surface area contributed by atoms with Crippen molar-refractivity contribution in [3.63, 3.8) is 0 Å². The minimum absolute atomic E-state index is 0.00145. The highest BCUT2D eigenvalue weighted by Crippen LogP contribution is 2.18. The Morgan fingerprint density at radius 2 is 0.625 bits per heavy atom. The van der Waals surface area contributed by atoms with Gasteiger partial charge in [0.1, 0.15) is 0 Å². The van der Waals surface area contributed by atoms with Crippen molar-refractivity contribution in [1.29, 1.82) is 0 Å². The highest BCUT2D eigenvalue weighted by Gasteiger charge is 2.18. The van der Waals surface area contributed by atoms with Crippen molar-refractivity contribution in [3.8, 4) is 0 Å². The molecule has 3 N–H and O–H groups in total. The van der Waals surface area contributed by atoms with Crippen molar-refractivity contribution in [2.24, 2.45) is 0 Å². The summed E-state index contributed by atoms with van der Waals surface area (Å²) in [5.74, 6) is -0.0644. The predicted octanol–water partition coefficient (Wildman–Crippen LogP) is 23.3. The Kier molecular flexibility index (Phi) is 67.4. The molecule has 0 saturated heterocycles. The molecule has 470 valence electrons. The molecule has 0 spiro atoms. The Balaban J connectivity index is 3.42. The van der Waals surface area contributed by atoms with Gasteiger partial charge in [0.15, 0.2) is 0 Å². The summed E-state index contributed by atoms with van der Waals surface area (Å²) in [5, 5.41) is 23.2. The van der Waals surface area contributed by atoms with Gasteiger partial charge in [-0.15, -0.1) is 0 Å². The standard InChI is InChI=1S/C74H139NO5/c1-3-5-7-9-11-13-15-17-19-21-22-32-35-38-42-46-50-54-58-62-66-72(77)71(70-76)75-73(78)67-63-59-55-51-47-43-39-36-33-30-28-26-24-23-25-27-29-31-34-37-41-45-49-53-57-61-65-69-80-74(79)68-64-60-56-52-48-44-40-20-18-16-14-12-10-8-6-4-2/h14,16,20,23-24,40,62,66,71-72,76-77H,3-13,15,17-19,21-22,25-39,41-61,63-65,67-70H2,1-2H3,(H,75,78)/b16-14-,24-23-,40-20-,66-62+. The minimum Gasteiger partial charge on any atom is -0.466 e. The van der Waals surface area contributed by atoms with Gasteiger partial charge < -0.3 is 20.3 Å². The molecule has 0 rings (SSSR count). The topological polar surface area (TPSA) is 95.9 Å². The summed E-state index contributed by atoms with van der Waals surface area (Å²) in [6.07, 6.45) is 90.5. The molecule has 0 saturated carbocycles. The fourth-order valence-electron chi connectivity index (χ4n) is 11.1. The van der Waals surface area contributed by atoms with Gasteiger partial charge in [-0.25, -0.2) is 0 Å². The fraction of sp³-hybridized carbons (Fsp3) is 0.865. The van der Waals surface area contributed by atoms with E-state index < -0.39 is 12.1 Å². The second kappa shape index (κ2) is 69.3. The van der Waals surface area contributed by atoms with Gasteiger partial charge in [-0.2, -0.15) is 0 Å². The van der Waals surface area contributed by atoms with Crippen molar-refractivity contribution in [2.45, 2.75) is 398 Å². The number of allylic oxidation sites excluding steroid dienone is 7. The molecule has 1 amide bonds. The van der Waals surface area contributed by atoms with E-state index in [9.17, 15) is 19.8 Å². The smallest absolute Gasteiger partial charge is 0.305 e. The van der Waals surface area contributed by atoms with E-state index in [2.05, 4.69) is 55.6 Å². The molecule has 0 aliphatic rings. The predicted molar refractivity (Wildman–Crippen MR) is 352 cm³/mol. The zero-order chi connectivity index (χ0) is 57.8. The van der Waals surface area contributed by atoms with Crippen LogP contribution in [0.15, 0.2) is 48.6 Å². The van der Waals surface area contributed by atoms with Gasteiger partial charge >= 0.3 is 5.97 Å². The first-order valence-corrected chi connectivity index (χ1v) is 35.9. The SMILES string of the molecule is CCCCCC/C=C\C/C=C\CCCCCCCC(=O)OCCCCCCCCCCCCCC/C=C\CCCCCCCCCCCCCC(=O)NC(CO)C(O)/C=C/CCCCCCCCCCCCCCCCCCCC. The van der Waals surface area contributed by atoms with Crippen molar-refractivity contribution >= 4 is 11.9 Å². The number of ether oxygens (including phenoxy) is 1. The molecular formula is C74H139NO5. The average Bonchev–Trinajstić information content (AvgIpc) is 3.46. The number of hydrogen-bond acceptors (Lipinski definition) is 5. The minimum atomic E-state index is -0.847. The molecule has 0 bridgehead atoms. The number of unbranched alkanes of at least 4 members (excludes halogenated alkanes) is 50. The van der Waals surface area contributed by atoms with Crippen LogP contribution in [0.5, 0.6) is 0 Å². The van der Waals surface area contributed by atoms with Crippen LogP contribution in [0.2, 0.25) is 0 Å². The van der Waals surface area contributed by atoms with E-state index >= 15 is 0 Å². The zero-order valence-corrected chi connectivity index (χ0v) is 53.8. The van der Waals surface area contributed by atoms with Gasteiger partial charge in [-0.1, -0.05) is 332 Å². The van der Waals surface area contributed by atoms with E-state index in [-0.39, 0.29) is 18.5 Å². The molecule has 6 heteroatoms. The first kappa shape index (κ1) is 77.8. The summed E-state index contributed by atoms with van der Waals surface area (Å²) >= 11 is 0. The van der Waals surface area contributed by atoms with E-state index in [1.54, 1.807) is 6.08 Å². The fourth-order valence-corrected chi connectivity index (χ4v) is 11.1. The molecule has 0 heterocycles. The highest BCUT2D eigenvalue weighted by molar-refractivity contribution is 5.76. The molecule has 0 aromatic heterocycles. The number of aliphatic hydroxyl groups is 2. The number of aliphatic hydroxyl groups excluding tert-OH is 2. The quantitative estimate of drug-likeness (QED) is 0.0320. The summed E-state index contributed by atoms with van der Waals surface area (Å²) < 4.78 is 5.49. The Hall–Kier alpha value is -2.18. The lowest BCUT2D eigenvalue weighted by Gasteiger charge is -2.20. The summed E-state index contributed by atoms with van der Waals surface area (Å²) in [4.78, 5) is 24.6. The largest absolute Gasteiger partial charge is 0.466 e. The number of hydrogen-bond donors (Lipinski definition) is 3. The maximum Gasteiger partial charge on any atom is 0.305 e. The average molecular weight is 1120 g/mol. The number of esters is 1. The maximum absolute atomic E-state index is 12.5. The van der Waals surface area contributed by atoms with Gasteiger partial charge in [0.05, 0.1) is 25.4 Å². The monoisotopic (exact) mass is 1120 g/mol. The van der Waals surface area contributed by atoms with Crippen LogP contribution in [0.4, 0.5) is 0 Å².